The molecule has 0 radical (unpaired) electrons. The predicted octanol–water partition coefficient (Wildman–Crippen LogP) is 2.99. The van der Waals surface area contributed by atoms with E-state index < -0.39 is 0 Å². The molecule has 0 saturated heterocycles. The molecule has 1 heterocycles. The zero-order valence-corrected chi connectivity index (χ0v) is 11.8. The minimum absolute atomic E-state index is 0.334. The van der Waals surface area contributed by atoms with Gasteiger partial charge >= 0.3 is 0 Å². The van der Waals surface area contributed by atoms with E-state index in [1.54, 1.807) is 0 Å². The van der Waals surface area contributed by atoms with Crippen molar-refractivity contribution in [3.05, 3.63) is 24.0 Å². The summed E-state index contributed by atoms with van der Waals surface area (Å²) >= 11 is 0. The molecule has 1 aromatic rings. The van der Waals surface area contributed by atoms with Crippen molar-refractivity contribution in [2.75, 3.05) is 25.0 Å². The standard InChI is InChI=1S/C15H25N3/c1-4-16-12(2)15-9-8-14(10-17-15)18(3)11-13-6-5-7-13/h8-10,12-13,16H,4-7,11H2,1-3H3. The first-order valence-corrected chi connectivity index (χ1v) is 7.11. The maximum absolute atomic E-state index is 4.57. The fourth-order valence-electron chi connectivity index (χ4n) is 2.46. The number of rotatable bonds is 6. The summed E-state index contributed by atoms with van der Waals surface area (Å²) in [5, 5.41) is 3.38. The molecule has 1 atom stereocenters. The molecule has 1 saturated carbocycles. The van der Waals surface area contributed by atoms with E-state index in [-0.39, 0.29) is 0 Å². The maximum atomic E-state index is 4.57. The Morgan fingerprint density at radius 1 is 1.44 bits per heavy atom. The first kappa shape index (κ1) is 13.3. The van der Waals surface area contributed by atoms with E-state index in [0.29, 0.717) is 6.04 Å². The van der Waals surface area contributed by atoms with Gasteiger partial charge in [-0.15, -0.1) is 0 Å². The molecule has 1 aliphatic rings. The van der Waals surface area contributed by atoms with E-state index >= 15 is 0 Å². The molecule has 3 heteroatoms. The number of hydrogen-bond donors (Lipinski definition) is 1. The van der Waals surface area contributed by atoms with Crippen LogP contribution in [0.5, 0.6) is 0 Å². The Morgan fingerprint density at radius 3 is 2.72 bits per heavy atom. The number of nitrogens with zero attached hydrogens (tertiary/aromatic N) is 2. The van der Waals surface area contributed by atoms with Gasteiger partial charge in [-0.05, 0) is 44.4 Å². The zero-order chi connectivity index (χ0) is 13.0. The Balaban J connectivity index is 1.93. The van der Waals surface area contributed by atoms with Crippen molar-refractivity contribution in [3.63, 3.8) is 0 Å². The van der Waals surface area contributed by atoms with Gasteiger partial charge < -0.3 is 10.2 Å². The Bertz CT molecular complexity index is 357. The van der Waals surface area contributed by atoms with Gasteiger partial charge in [-0.1, -0.05) is 13.3 Å². The Hall–Kier alpha value is -1.09. The average molecular weight is 247 g/mol. The number of pyridine rings is 1. The van der Waals surface area contributed by atoms with E-state index in [2.05, 4.69) is 48.2 Å². The van der Waals surface area contributed by atoms with Gasteiger partial charge in [0.2, 0.25) is 0 Å². The van der Waals surface area contributed by atoms with Crippen LogP contribution in [0.15, 0.2) is 18.3 Å². The van der Waals surface area contributed by atoms with E-state index in [1.807, 2.05) is 6.20 Å². The molecule has 0 bridgehead atoms. The highest BCUT2D eigenvalue weighted by Gasteiger charge is 2.19. The normalized spacial score (nSPS) is 17.3. The third kappa shape index (κ3) is 3.22. The summed E-state index contributed by atoms with van der Waals surface area (Å²) in [6.07, 6.45) is 6.21. The van der Waals surface area contributed by atoms with Crippen LogP contribution in [-0.2, 0) is 0 Å². The second-order valence-electron chi connectivity index (χ2n) is 5.40. The van der Waals surface area contributed by atoms with E-state index in [9.17, 15) is 0 Å². The van der Waals surface area contributed by atoms with E-state index in [0.717, 1.165) is 18.2 Å². The highest BCUT2D eigenvalue weighted by atomic mass is 15.1. The van der Waals surface area contributed by atoms with E-state index in [4.69, 9.17) is 0 Å². The topological polar surface area (TPSA) is 28.2 Å². The lowest BCUT2D eigenvalue weighted by molar-refractivity contribution is 0.321. The number of aromatic nitrogens is 1. The van der Waals surface area contributed by atoms with Crippen LogP contribution in [0, 0.1) is 5.92 Å². The molecule has 0 aliphatic heterocycles. The number of anilines is 1. The van der Waals surface area contributed by atoms with Crippen LogP contribution in [0.25, 0.3) is 0 Å². The smallest absolute Gasteiger partial charge is 0.0572 e. The lowest BCUT2D eigenvalue weighted by atomic mass is 9.85. The van der Waals surface area contributed by atoms with Crippen molar-refractivity contribution in [2.45, 2.75) is 39.2 Å². The van der Waals surface area contributed by atoms with Gasteiger partial charge in [-0.25, -0.2) is 0 Å². The van der Waals surface area contributed by atoms with Crippen LogP contribution in [-0.4, -0.2) is 25.1 Å². The summed E-state index contributed by atoms with van der Waals surface area (Å²) in [4.78, 5) is 6.90. The highest BCUT2D eigenvalue weighted by molar-refractivity contribution is 5.44. The van der Waals surface area contributed by atoms with Crippen molar-refractivity contribution in [1.29, 1.82) is 0 Å². The Morgan fingerprint density at radius 2 is 2.22 bits per heavy atom. The molecule has 1 unspecified atom stereocenters. The predicted molar refractivity (Wildman–Crippen MR) is 76.9 cm³/mol. The van der Waals surface area contributed by atoms with Gasteiger partial charge in [0, 0.05) is 19.6 Å². The molecule has 100 valence electrons. The van der Waals surface area contributed by atoms with Gasteiger partial charge in [0.1, 0.15) is 0 Å². The molecule has 1 fully saturated rings. The minimum Gasteiger partial charge on any atom is -0.373 e. The third-order valence-electron chi connectivity index (χ3n) is 3.92. The third-order valence-corrected chi connectivity index (χ3v) is 3.92. The highest BCUT2D eigenvalue weighted by Crippen LogP contribution is 2.28. The van der Waals surface area contributed by atoms with Gasteiger partial charge in [-0.3, -0.25) is 4.98 Å². The molecule has 3 nitrogen and oxygen atoms in total. The summed E-state index contributed by atoms with van der Waals surface area (Å²) in [7, 11) is 2.17. The van der Waals surface area contributed by atoms with Crippen LogP contribution in [0.4, 0.5) is 5.69 Å². The molecule has 1 aromatic heterocycles. The van der Waals surface area contributed by atoms with Gasteiger partial charge in [0.15, 0.2) is 0 Å². The summed E-state index contributed by atoms with van der Waals surface area (Å²) in [5.41, 5.74) is 2.35. The summed E-state index contributed by atoms with van der Waals surface area (Å²) < 4.78 is 0. The van der Waals surface area contributed by atoms with Gasteiger partial charge in [0.25, 0.3) is 0 Å². The number of nitrogens with one attached hydrogen (secondary N) is 1. The van der Waals surface area contributed by atoms with Crippen molar-refractivity contribution < 1.29 is 0 Å². The summed E-state index contributed by atoms with van der Waals surface area (Å²) in [6, 6.07) is 4.66. The van der Waals surface area contributed by atoms with Crippen molar-refractivity contribution >= 4 is 5.69 Å². The van der Waals surface area contributed by atoms with Crippen molar-refractivity contribution in [1.82, 2.24) is 10.3 Å². The van der Waals surface area contributed by atoms with Crippen LogP contribution in [0.3, 0.4) is 0 Å². The van der Waals surface area contributed by atoms with Crippen LogP contribution in [0.2, 0.25) is 0 Å². The van der Waals surface area contributed by atoms with Crippen molar-refractivity contribution in [3.8, 4) is 0 Å². The van der Waals surface area contributed by atoms with Crippen molar-refractivity contribution in [2.24, 2.45) is 5.92 Å². The van der Waals surface area contributed by atoms with Crippen LogP contribution >= 0.6 is 0 Å². The molecular formula is C15H25N3. The zero-order valence-electron chi connectivity index (χ0n) is 11.8. The summed E-state index contributed by atoms with van der Waals surface area (Å²) in [5.74, 6) is 0.898. The fourth-order valence-corrected chi connectivity index (χ4v) is 2.46. The quantitative estimate of drug-likeness (QED) is 0.837. The number of hydrogen-bond acceptors (Lipinski definition) is 3. The molecule has 0 spiro atoms. The average Bonchev–Trinajstić information content (AvgIpc) is 2.34. The first-order chi connectivity index (χ1) is 8.70. The summed E-state index contributed by atoms with van der Waals surface area (Å²) in [6.45, 7) is 6.43. The SMILES string of the molecule is CCNC(C)c1ccc(N(C)CC2CCC2)cn1. The Kier molecular flexibility index (Phi) is 4.59. The molecular weight excluding hydrogens is 222 g/mol. The minimum atomic E-state index is 0.334. The maximum Gasteiger partial charge on any atom is 0.0572 e. The molecule has 0 aromatic carbocycles. The monoisotopic (exact) mass is 247 g/mol. The lowest BCUT2D eigenvalue weighted by Gasteiger charge is -2.31. The Labute approximate surface area is 111 Å². The molecule has 18 heavy (non-hydrogen) atoms. The fraction of sp³-hybridized carbons (Fsp3) is 0.667. The van der Waals surface area contributed by atoms with Crippen LogP contribution < -0.4 is 10.2 Å². The second-order valence-corrected chi connectivity index (χ2v) is 5.40. The van der Waals surface area contributed by atoms with Gasteiger partial charge in [-0.2, -0.15) is 0 Å². The second kappa shape index (κ2) is 6.19. The molecule has 1 aliphatic carbocycles. The molecule has 2 rings (SSSR count). The lowest BCUT2D eigenvalue weighted by Crippen LogP contribution is -2.29. The largest absolute Gasteiger partial charge is 0.373 e. The first-order valence-electron chi connectivity index (χ1n) is 7.11. The van der Waals surface area contributed by atoms with Gasteiger partial charge in [0.05, 0.1) is 17.6 Å². The molecule has 1 N–H and O–H groups in total. The van der Waals surface area contributed by atoms with E-state index in [1.165, 1.54) is 31.5 Å². The molecule has 0 amide bonds. The van der Waals surface area contributed by atoms with Crippen LogP contribution in [0.1, 0.15) is 44.8 Å².